The molecule has 0 saturated heterocycles. The van der Waals surface area contributed by atoms with Crippen molar-refractivity contribution < 1.29 is 19.4 Å². The molecule has 0 bridgehead atoms. The van der Waals surface area contributed by atoms with Crippen LogP contribution in [0.4, 0.5) is 5.82 Å². The third kappa shape index (κ3) is 3.52. The number of aliphatic hydroxyl groups is 1. The van der Waals surface area contributed by atoms with Crippen LogP contribution in [-0.4, -0.2) is 61.7 Å². The molecular weight excluding hydrogens is 330 g/mol. The van der Waals surface area contributed by atoms with E-state index in [1.807, 2.05) is 0 Å². The maximum Gasteiger partial charge on any atom is 0.330 e. The molecule has 12 heteroatoms. The summed E-state index contributed by atoms with van der Waals surface area (Å²) < 4.78 is 4.44. The number of hydrogen-bond donors (Lipinski definition) is 3. The Balaban J connectivity index is 2.28. The highest BCUT2D eigenvalue weighted by molar-refractivity contribution is 6.31. The van der Waals surface area contributed by atoms with Crippen LogP contribution in [0.3, 0.4) is 0 Å². The number of ether oxygens (including phenoxy) is 1. The fourth-order valence-electron chi connectivity index (χ4n) is 1.59. The first-order valence-corrected chi connectivity index (χ1v) is 6.55. The number of nitrogens with one attached hydrogen (secondary N) is 1. The minimum Gasteiger partial charge on any atom is -0.467 e. The molecule has 2 aromatic heterocycles. The molecule has 2 rings (SSSR count). The molecule has 0 aliphatic rings. The lowest BCUT2D eigenvalue weighted by atomic mass is 10.3. The Bertz CT molecular complexity index is 721. The van der Waals surface area contributed by atoms with Crippen molar-refractivity contribution in [2.45, 2.75) is 6.04 Å². The smallest absolute Gasteiger partial charge is 0.330 e. The van der Waals surface area contributed by atoms with Gasteiger partial charge in [0, 0.05) is 0 Å². The van der Waals surface area contributed by atoms with Crippen molar-refractivity contribution in [3.63, 3.8) is 0 Å². The Morgan fingerprint density at radius 2 is 2.09 bits per heavy atom. The maximum atomic E-state index is 12.1. The lowest BCUT2D eigenvalue weighted by Gasteiger charge is -2.14. The topological polar surface area (TPSA) is 158 Å². The summed E-state index contributed by atoms with van der Waals surface area (Å²) in [7, 11) is 1.12. The van der Waals surface area contributed by atoms with Crippen LogP contribution in [0.5, 0.6) is 0 Å². The van der Waals surface area contributed by atoms with Gasteiger partial charge in [-0.2, -0.15) is 10.2 Å². The molecular formula is C11H12ClN7O4. The highest BCUT2D eigenvalue weighted by Crippen LogP contribution is 2.18. The van der Waals surface area contributed by atoms with E-state index in [2.05, 4.69) is 30.2 Å². The predicted octanol–water partition coefficient (Wildman–Crippen LogP) is -1.44. The zero-order chi connectivity index (χ0) is 17.0. The lowest BCUT2D eigenvalue weighted by Crippen LogP contribution is -2.44. The maximum absolute atomic E-state index is 12.1. The van der Waals surface area contributed by atoms with Gasteiger partial charge < -0.3 is 20.9 Å². The van der Waals surface area contributed by atoms with Crippen LogP contribution >= 0.6 is 11.6 Å². The molecule has 0 saturated carbocycles. The van der Waals surface area contributed by atoms with E-state index in [1.54, 1.807) is 0 Å². The molecule has 1 amide bonds. The van der Waals surface area contributed by atoms with E-state index in [4.69, 9.17) is 22.4 Å². The number of nitrogen functional groups attached to an aromatic ring is 1. The van der Waals surface area contributed by atoms with Gasteiger partial charge in [-0.3, -0.25) is 4.79 Å². The third-order valence-corrected chi connectivity index (χ3v) is 2.91. The molecule has 0 aliphatic carbocycles. The molecule has 2 aromatic rings. The molecule has 0 aromatic carbocycles. The molecule has 0 fully saturated rings. The van der Waals surface area contributed by atoms with Crippen molar-refractivity contribution in [3.8, 4) is 5.82 Å². The molecule has 0 radical (unpaired) electrons. The van der Waals surface area contributed by atoms with E-state index in [9.17, 15) is 9.59 Å². The van der Waals surface area contributed by atoms with Gasteiger partial charge in [-0.05, 0) is 0 Å². The number of amides is 1. The van der Waals surface area contributed by atoms with Crippen molar-refractivity contribution >= 4 is 29.3 Å². The Morgan fingerprint density at radius 1 is 1.43 bits per heavy atom. The van der Waals surface area contributed by atoms with Crippen LogP contribution in [0.15, 0.2) is 12.4 Å². The number of anilines is 1. The minimum atomic E-state index is -1.26. The average Bonchev–Trinajstić information content (AvgIpc) is 3.07. The quantitative estimate of drug-likeness (QED) is 0.553. The standard InChI is InChI=1S/C11H12ClN7O4/c1-23-11(22)5(4-20)16-10(21)6-8(13)18-9(7(12)17-6)19-14-2-3-15-19/h2-3,5,20H,4H2,1H3,(H2,13,18)(H,16,21). The summed E-state index contributed by atoms with van der Waals surface area (Å²) >= 11 is 5.95. The molecule has 0 spiro atoms. The number of rotatable bonds is 5. The molecule has 11 nitrogen and oxygen atoms in total. The van der Waals surface area contributed by atoms with Gasteiger partial charge >= 0.3 is 5.97 Å². The summed E-state index contributed by atoms with van der Waals surface area (Å²) in [5, 5.41) is 18.8. The van der Waals surface area contributed by atoms with Crippen molar-refractivity contribution in [2.75, 3.05) is 19.5 Å². The number of methoxy groups -OCH3 is 1. The number of hydrogen-bond acceptors (Lipinski definition) is 9. The van der Waals surface area contributed by atoms with Gasteiger partial charge in [0.05, 0.1) is 26.1 Å². The molecule has 2 heterocycles. The van der Waals surface area contributed by atoms with E-state index in [0.29, 0.717) is 0 Å². The first kappa shape index (κ1) is 16.6. The van der Waals surface area contributed by atoms with Crippen molar-refractivity contribution in [3.05, 3.63) is 23.2 Å². The first-order chi connectivity index (χ1) is 11.0. The molecule has 1 unspecified atom stereocenters. The summed E-state index contributed by atoms with van der Waals surface area (Å²) in [6.45, 7) is -0.658. The second-order valence-electron chi connectivity index (χ2n) is 4.12. The summed E-state index contributed by atoms with van der Waals surface area (Å²) in [4.78, 5) is 32.3. The van der Waals surface area contributed by atoms with Crippen LogP contribution in [0.2, 0.25) is 5.15 Å². The van der Waals surface area contributed by atoms with Crippen molar-refractivity contribution in [2.24, 2.45) is 0 Å². The fraction of sp³-hybridized carbons (Fsp3) is 0.273. The number of nitrogens with two attached hydrogens (primary N) is 1. The zero-order valence-corrected chi connectivity index (χ0v) is 12.6. The van der Waals surface area contributed by atoms with Crippen LogP contribution in [0.25, 0.3) is 5.82 Å². The van der Waals surface area contributed by atoms with E-state index < -0.39 is 24.5 Å². The minimum absolute atomic E-state index is 0.0393. The van der Waals surface area contributed by atoms with Crippen LogP contribution in [0, 0.1) is 0 Å². The van der Waals surface area contributed by atoms with Crippen LogP contribution < -0.4 is 11.1 Å². The molecule has 23 heavy (non-hydrogen) atoms. The van der Waals surface area contributed by atoms with Gasteiger partial charge in [0.1, 0.15) is 0 Å². The molecule has 4 N–H and O–H groups in total. The normalized spacial score (nSPS) is 11.8. The second-order valence-corrected chi connectivity index (χ2v) is 4.48. The van der Waals surface area contributed by atoms with Crippen LogP contribution in [-0.2, 0) is 9.53 Å². The number of carbonyl (C=O) groups excluding carboxylic acids is 2. The number of carbonyl (C=O) groups is 2. The van der Waals surface area contributed by atoms with Crippen molar-refractivity contribution in [1.82, 2.24) is 30.3 Å². The summed E-state index contributed by atoms with van der Waals surface area (Å²) in [5.74, 6) is -1.88. The number of aromatic nitrogens is 5. The van der Waals surface area contributed by atoms with E-state index in [-0.39, 0.29) is 22.5 Å². The first-order valence-electron chi connectivity index (χ1n) is 6.17. The van der Waals surface area contributed by atoms with Gasteiger partial charge in [0.25, 0.3) is 5.91 Å². The van der Waals surface area contributed by atoms with Crippen molar-refractivity contribution in [1.29, 1.82) is 0 Å². The summed E-state index contributed by atoms with van der Waals surface area (Å²) in [6.07, 6.45) is 2.80. The monoisotopic (exact) mass is 341 g/mol. The van der Waals surface area contributed by atoms with Gasteiger partial charge in [-0.15, -0.1) is 4.80 Å². The number of nitrogens with zero attached hydrogens (tertiary/aromatic N) is 5. The Hall–Kier alpha value is -2.79. The van der Waals surface area contributed by atoms with Crippen LogP contribution in [0.1, 0.15) is 10.5 Å². The number of aliphatic hydroxyl groups excluding tert-OH is 1. The highest BCUT2D eigenvalue weighted by Gasteiger charge is 2.25. The molecule has 0 aliphatic heterocycles. The SMILES string of the molecule is COC(=O)C(CO)NC(=O)c1nc(Cl)c(-n2nccn2)nc1N. The number of esters is 1. The third-order valence-electron chi connectivity index (χ3n) is 2.66. The van der Waals surface area contributed by atoms with Gasteiger partial charge in [0.2, 0.25) is 5.82 Å². The highest BCUT2D eigenvalue weighted by atomic mass is 35.5. The van der Waals surface area contributed by atoms with E-state index in [0.717, 1.165) is 11.9 Å². The Morgan fingerprint density at radius 3 is 2.65 bits per heavy atom. The van der Waals surface area contributed by atoms with Gasteiger partial charge in [-0.25, -0.2) is 14.8 Å². The molecule has 122 valence electrons. The Labute approximate surface area is 134 Å². The summed E-state index contributed by atoms with van der Waals surface area (Å²) in [5.41, 5.74) is 5.37. The largest absolute Gasteiger partial charge is 0.467 e. The van der Waals surface area contributed by atoms with E-state index in [1.165, 1.54) is 12.4 Å². The van der Waals surface area contributed by atoms with Gasteiger partial charge in [-0.1, -0.05) is 11.6 Å². The number of halogens is 1. The summed E-state index contributed by atoms with van der Waals surface area (Å²) in [6, 6.07) is -1.26. The lowest BCUT2D eigenvalue weighted by molar-refractivity contribution is -0.143. The van der Waals surface area contributed by atoms with Gasteiger partial charge in [0.15, 0.2) is 22.7 Å². The zero-order valence-electron chi connectivity index (χ0n) is 11.8. The fourth-order valence-corrected chi connectivity index (χ4v) is 1.79. The Kier molecular flexibility index (Phi) is 5.03. The second kappa shape index (κ2) is 6.98. The molecule has 1 atom stereocenters. The average molecular weight is 342 g/mol. The van der Waals surface area contributed by atoms with E-state index >= 15 is 0 Å². The predicted molar refractivity (Wildman–Crippen MR) is 76.7 cm³/mol.